The molecule has 5 heteroatoms. The summed E-state index contributed by atoms with van der Waals surface area (Å²) in [5, 5.41) is 0. The van der Waals surface area contributed by atoms with Gasteiger partial charge in [0, 0.05) is 18.9 Å². The van der Waals surface area contributed by atoms with Gasteiger partial charge in [0.15, 0.2) is 5.90 Å². The van der Waals surface area contributed by atoms with Crippen LogP contribution in [0.4, 0.5) is 0 Å². The summed E-state index contributed by atoms with van der Waals surface area (Å²) in [4.78, 5) is 17.3. The first-order chi connectivity index (χ1) is 17.2. The molecule has 0 aromatic rings. The second-order valence-corrected chi connectivity index (χ2v) is 11.2. The molecule has 3 unspecified atom stereocenters. The van der Waals surface area contributed by atoms with Crippen molar-refractivity contribution in [3.05, 3.63) is 0 Å². The number of hydrogen-bond acceptors (Lipinski definition) is 5. The lowest BCUT2D eigenvalue weighted by atomic mass is 9.87. The highest BCUT2D eigenvalue weighted by Gasteiger charge is 2.40. The number of aliphatic imine (C=N–C) groups is 1. The Labute approximate surface area is 215 Å². The highest BCUT2D eigenvalue weighted by molar-refractivity contribution is 5.80. The van der Waals surface area contributed by atoms with Crippen molar-refractivity contribution in [2.75, 3.05) is 6.61 Å². The van der Waals surface area contributed by atoms with Gasteiger partial charge in [-0.05, 0) is 57.8 Å². The fraction of sp³-hybridized carbons (Fsp3) is 0.933. The molecule has 0 bridgehead atoms. The van der Waals surface area contributed by atoms with E-state index in [1.807, 2.05) is 0 Å². The molecular formula is C30H53NO4. The van der Waals surface area contributed by atoms with Gasteiger partial charge in [0.05, 0.1) is 12.1 Å². The predicted octanol–water partition coefficient (Wildman–Crippen LogP) is 7.93. The highest BCUT2D eigenvalue weighted by Crippen LogP contribution is 2.36. The number of ether oxygens (including phenoxy) is 3. The van der Waals surface area contributed by atoms with Gasteiger partial charge in [-0.15, -0.1) is 0 Å². The maximum absolute atomic E-state index is 12.3. The number of hydrogen-bond donors (Lipinski definition) is 0. The molecule has 3 aliphatic rings. The number of nitrogens with zero attached hydrogens (tertiary/aromatic N) is 1. The van der Waals surface area contributed by atoms with Crippen LogP contribution < -0.4 is 0 Å². The molecule has 3 atom stereocenters. The van der Waals surface area contributed by atoms with Crippen LogP contribution in [0.1, 0.15) is 142 Å². The molecule has 5 nitrogen and oxygen atoms in total. The number of carbonyl (C=O) groups is 1. The van der Waals surface area contributed by atoms with E-state index in [9.17, 15) is 4.79 Å². The molecule has 1 heterocycles. The van der Waals surface area contributed by atoms with Gasteiger partial charge >= 0.3 is 5.97 Å². The Kier molecular flexibility index (Phi) is 13.5. The SMILES string of the molecule is CCCCCCCCCCC(=O)OC1CCC(C2=NC3CC(OCCCCCC)CCC3O2)CC1. The molecule has 0 saturated heterocycles. The third kappa shape index (κ3) is 10.4. The van der Waals surface area contributed by atoms with Crippen LogP contribution in [0.15, 0.2) is 4.99 Å². The summed E-state index contributed by atoms with van der Waals surface area (Å²) in [6.45, 7) is 5.39. The molecule has 2 fully saturated rings. The Bertz CT molecular complexity index is 613. The Morgan fingerprint density at radius 1 is 0.800 bits per heavy atom. The number of fused-ring (bicyclic) bond motifs is 1. The predicted molar refractivity (Wildman–Crippen MR) is 143 cm³/mol. The molecule has 35 heavy (non-hydrogen) atoms. The summed E-state index contributed by atoms with van der Waals surface area (Å²) in [6, 6.07) is 0.279. The molecule has 2 saturated carbocycles. The molecule has 2 aliphatic carbocycles. The third-order valence-electron chi connectivity index (χ3n) is 8.18. The van der Waals surface area contributed by atoms with Crippen LogP contribution in [0, 0.1) is 5.92 Å². The minimum Gasteiger partial charge on any atom is -0.475 e. The Morgan fingerprint density at radius 2 is 1.43 bits per heavy atom. The van der Waals surface area contributed by atoms with Gasteiger partial charge in [-0.3, -0.25) is 4.79 Å². The second-order valence-electron chi connectivity index (χ2n) is 11.2. The quantitative estimate of drug-likeness (QED) is 0.153. The van der Waals surface area contributed by atoms with Gasteiger partial charge in [0.1, 0.15) is 12.2 Å². The van der Waals surface area contributed by atoms with Crippen molar-refractivity contribution in [2.24, 2.45) is 10.9 Å². The summed E-state index contributed by atoms with van der Waals surface area (Å²) >= 11 is 0. The standard InChI is InChI=1S/C30H53NO4/c1-3-5-7-9-10-11-12-13-15-29(32)34-25-18-16-24(17-19-25)30-31-27-23-26(20-21-28(27)35-30)33-22-14-8-6-4-2/h24-28H,3-23H2,1-2H3. The fourth-order valence-electron chi connectivity index (χ4n) is 5.91. The van der Waals surface area contributed by atoms with Crippen LogP contribution in [0.2, 0.25) is 0 Å². The van der Waals surface area contributed by atoms with Crippen LogP contribution in [0.25, 0.3) is 0 Å². The van der Waals surface area contributed by atoms with E-state index in [1.54, 1.807) is 0 Å². The topological polar surface area (TPSA) is 57.1 Å². The van der Waals surface area contributed by atoms with Crippen LogP contribution >= 0.6 is 0 Å². The van der Waals surface area contributed by atoms with Crippen LogP contribution in [-0.4, -0.2) is 42.8 Å². The zero-order chi connectivity index (χ0) is 24.7. The molecule has 0 aromatic heterocycles. The van der Waals surface area contributed by atoms with E-state index in [-0.39, 0.29) is 24.2 Å². The third-order valence-corrected chi connectivity index (χ3v) is 8.18. The Balaban J connectivity index is 1.26. The van der Waals surface area contributed by atoms with E-state index in [1.165, 1.54) is 64.2 Å². The lowest BCUT2D eigenvalue weighted by Crippen LogP contribution is -2.35. The first-order valence-electron chi connectivity index (χ1n) is 15.2. The summed E-state index contributed by atoms with van der Waals surface area (Å²) in [5.74, 6) is 1.38. The molecule has 0 spiro atoms. The monoisotopic (exact) mass is 491 g/mol. The molecule has 0 amide bonds. The zero-order valence-corrected chi connectivity index (χ0v) is 22.8. The molecule has 3 rings (SSSR count). The average molecular weight is 492 g/mol. The summed E-state index contributed by atoms with van der Waals surface area (Å²) < 4.78 is 18.3. The van der Waals surface area contributed by atoms with Gasteiger partial charge in [-0.1, -0.05) is 78.1 Å². The number of carbonyl (C=O) groups excluding carboxylic acids is 1. The van der Waals surface area contributed by atoms with Crippen molar-refractivity contribution in [2.45, 2.75) is 167 Å². The normalized spacial score (nSPS) is 28.3. The Morgan fingerprint density at radius 3 is 2.14 bits per heavy atom. The van der Waals surface area contributed by atoms with Crippen molar-refractivity contribution >= 4 is 11.9 Å². The van der Waals surface area contributed by atoms with Crippen LogP contribution in [0.3, 0.4) is 0 Å². The number of esters is 1. The molecule has 0 radical (unpaired) electrons. The van der Waals surface area contributed by atoms with Gasteiger partial charge in [-0.25, -0.2) is 4.99 Å². The van der Waals surface area contributed by atoms with Crippen molar-refractivity contribution < 1.29 is 19.0 Å². The molecule has 0 aromatic carbocycles. The maximum atomic E-state index is 12.3. The van der Waals surface area contributed by atoms with Crippen molar-refractivity contribution in [3.63, 3.8) is 0 Å². The first kappa shape index (κ1) is 28.5. The Hall–Kier alpha value is -1.10. The van der Waals surface area contributed by atoms with Gasteiger partial charge in [-0.2, -0.15) is 0 Å². The highest BCUT2D eigenvalue weighted by atomic mass is 16.5. The minimum absolute atomic E-state index is 0.000598. The molecular weight excluding hydrogens is 438 g/mol. The number of unbranched alkanes of at least 4 members (excludes halogenated alkanes) is 10. The summed E-state index contributed by atoms with van der Waals surface area (Å²) in [7, 11) is 0. The van der Waals surface area contributed by atoms with E-state index < -0.39 is 0 Å². The molecule has 202 valence electrons. The second kappa shape index (κ2) is 16.6. The number of rotatable bonds is 17. The van der Waals surface area contributed by atoms with Gasteiger partial charge in [0.2, 0.25) is 0 Å². The summed E-state index contributed by atoms with van der Waals surface area (Å²) in [6.07, 6.45) is 23.4. The van der Waals surface area contributed by atoms with E-state index in [0.29, 0.717) is 18.4 Å². The van der Waals surface area contributed by atoms with E-state index in [0.717, 1.165) is 70.3 Å². The largest absolute Gasteiger partial charge is 0.475 e. The molecule has 0 N–H and O–H groups in total. The molecule has 1 aliphatic heterocycles. The maximum Gasteiger partial charge on any atom is 0.306 e. The lowest BCUT2D eigenvalue weighted by Gasteiger charge is -2.30. The van der Waals surface area contributed by atoms with E-state index >= 15 is 0 Å². The van der Waals surface area contributed by atoms with Crippen LogP contribution in [-0.2, 0) is 19.0 Å². The first-order valence-corrected chi connectivity index (χ1v) is 15.2. The van der Waals surface area contributed by atoms with Crippen LogP contribution in [0.5, 0.6) is 0 Å². The zero-order valence-electron chi connectivity index (χ0n) is 22.8. The van der Waals surface area contributed by atoms with Gasteiger partial charge < -0.3 is 14.2 Å². The van der Waals surface area contributed by atoms with Crippen molar-refractivity contribution in [1.82, 2.24) is 0 Å². The average Bonchev–Trinajstić information content (AvgIpc) is 3.29. The smallest absolute Gasteiger partial charge is 0.306 e. The summed E-state index contributed by atoms with van der Waals surface area (Å²) in [5.41, 5.74) is 0. The minimum atomic E-state index is 0.000598. The fourth-order valence-corrected chi connectivity index (χ4v) is 5.91. The van der Waals surface area contributed by atoms with E-state index in [4.69, 9.17) is 19.2 Å². The van der Waals surface area contributed by atoms with E-state index in [2.05, 4.69) is 13.8 Å². The van der Waals surface area contributed by atoms with Crippen molar-refractivity contribution in [1.29, 1.82) is 0 Å². The lowest BCUT2D eigenvalue weighted by molar-refractivity contribution is -0.150. The van der Waals surface area contributed by atoms with Gasteiger partial charge in [0.25, 0.3) is 0 Å². The van der Waals surface area contributed by atoms with Crippen molar-refractivity contribution in [3.8, 4) is 0 Å².